The Hall–Kier alpha value is -1.12. The maximum absolute atomic E-state index is 11.6. The van der Waals surface area contributed by atoms with Crippen molar-refractivity contribution in [3.63, 3.8) is 0 Å². The van der Waals surface area contributed by atoms with Crippen molar-refractivity contribution in [3.8, 4) is 0 Å². The van der Waals surface area contributed by atoms with Crippen LogP contribution in [0.3, 0.4) is 0 Å². The third-order valence-electron chi connectivity index (χ3n) is 2.82. The van der Waals surface area contributed by atoms with Crippen molar-refractivity contribution in [2.24, 2.45) is 13.0 Å². The number of imidazole rings is 1. The molecule has 0 bridgehead atoms. The van der Waals surface area contributed by atoms with Crippen LogP contribution in [0.4, 0.5) is 0 Å². The summed E-state index contributed by atoms with van der Waals surface area (Å²) in [6.07, 6.45) is 6.85. The molecule has 1 rings (SSSR count). The van der Waals surface area contributed by atoms with Gasteiger partial charge in [0.1, 0.15) is 11.6 Å². The summed E-state index contributed by atoms with van der Waals surface area (Å²) < 4.78 is 1.97. The molecule has 0 radical (unpaired) electrons. The summed E-state index contributed by atoms with van der Waals surface area (Å²) in [7, 11) is 1.96. The van der Waals surface area contributed by atoms with Crippen LogP contribution in [-0.2, 0) is 18.3 Å². The standard InChI is InChI=1S/C12H20N2O/c1-4-10(2)9-11(15)5-6-12-13-7-8-14(12)3/h7-8,10H,4-6,9H2,1-3H3. The monoisotopic (exact) mass is 208 g/mol. The fraction of sp³-hybridized carbons (Fsp3) is 0.667. The SMILES string of the molecule is CCC(C)CC(=O)CCc1nccn1C. The van der Waals surface area contributed by atoms with Crippen LogP contribution in [0.1, 0.15) is 38.9 Å². The van der Waals surface area contributed by atoms with Gasteiger partial charge in [0, 0.05) is 38.7 Å². The van der Waals surface area contributed by atoms with Crippen LogP contribution in [0.15, 0.2) is 12.4 Å². The van der Waals surface area contributed by atoms with Gasteiger partial charge in [0.05, 0.1) is 0 Å². The molecule has 1 unspecified atom stereocenters. The molecule has 0 saturated heterocycles. The van der Waals surface area contributed by atoms with E-state index < -0.39 is 0 Å². The second-order valence-corrected chi connectivity index (χ2v) is 4.21. The number of hydrogen-bond acceptors (Lipinski definition) is 2. The minimum atomic E-state index is 0.354. The van der Waals surface area contributed by atoms with E-state index in [4.69, 9.17) is 0 Å². The van der Waals surface area contributed by atoms with Crippen LogP contribution >= 0.6 is 0 Å². The molecule has 1 atom stereocenters. The lowest BCUT2D eigenvalue weighted by Gasteiger charge is -2.06. The van der Waals surface area contributed by atoms with Crippen molar-refractivity contribution < 1.29 is 4.79 Å². The van der Waals surface area contributed by atoms with E-state index in [2.05, 4.69) is 18.8 Å². The first-order valence-corrected chi connectivity index (χ1v) is 5.61. The van der Waals surface area contributed by atoms with Gasteiger partial charge in [0.2, 0.25) is 0 Å². The number of ketones is 1. The Morgan fingerprint density at radius 1 is 1.60 bits per heavy atom. The van der Waals surface area contributed by atoms with Gasteiger partial charge in [-0.25, -0.2) is 4.98 Å². The highest BCUT2D eigenvalue weighted by Crippen LogP contribution is 2.10. The van der Waals surface area contributed by atoms with Gasteiger partial charge in [-0.1, -0.05) is 20.3 Å². The van der Waals surface area contributed by atoms with Gasteiger partial charge in [-0.2, -0.15) is 0 Å². The number of Topliss-reactive ketones (excluding diaryl/α,β-unsaturated/α-hetero) is 1. The van der Waals surface area contributed by atoms with Gasteiger partial charge in [0.15, 0.2) is 0 Å². The Morgan fingerprint density at radius 3 is 2.87 bits per heavy atom. The van der Waals surface area contributed by atoms with Gasteiger partial charge in [0.25, 0.3) is 0 Å². The predicted octanol–water partition coefficient (Wildman–Crippen LogP) is 2.36. The predicted molar refractivity (Wildman–Crippen MR) is 60.6 cm³/mol. The van der Waals surface area contributed by atoms with E-state index in [1.54, 1.807) is 6.20 Å². The number of nitrogens with zero attached hydrogens (tertiary/aromatic N) is 2. The molecule has 1 heterocycles. The summed E-state index contributed by atoms with van der Waals surface area (Å²) >= 11 is 0. The molecular weight excluding hydrogens is 188 g/mol. The lowest BCUT2D eigenvalue weighted by atomic mass is 10.00. The molecule has 0 aliphatic heterocycles. The fourth-order valence-corrected chi connectivity index (χ4v) is 1.52. The van der Waals surface area contributed by atoms with Crippen LogP contribution in [0.2, 0.25) is 0 Å². The van der Waals surface area contributed by atoms with Crippen LogP contribution in [0.5, 0.6) is 0 Å². The van der Waals surface area contributed by atoms with Gasteiger partial charge in [-0.15, -0.1) is 0 Å². The zero-order valence-corrected chi connectivity index (χ0v) is 9.86. The summed E-state index contributed by atoms with van der Waals surface area (Å²) in [4.78, 5) is 15.8. The number of carbonyl (C=O) groups is 1. The van der Waals surface area contributed by atoms with Gasteiger partial charge in [-0.3, -0.25) is 4.79 Å². The molecule has 0 saturated carbocycles. The fourth-order valence-electron chi connectivity index (χ4n) is 1.52. The van der Waals surface area contributed by atoms with Crippen LogP contribution in [0.25, 0.3) is 0 Å². The molecule has 1 aromatic rings. The van der Waals surface area contributed by atoms with Crippen molar-refractivity contribution in [1.82, 2.24) is 9.55 Å². The summed E-state index contributed by atoms with van der Waals surface area (Å²) in [6, 6.07) is 0. The molecule has 0 amide bonds. The summed E-state index contributed by atoms with van der Waals surface area (Å²) in [5.41, 5.74) is 0. The lowest BCUT2D eigenvalue weighted by molar-refractivity contribution is -0.119. The highest BCUT2D eigenvalue weighted by Gasteiger charge is 2.08. The maximum atomic E-state index is 11.6. The Labute approximate surface area is 91.5 Å². The zero-order chi connectivity index (χ0) is 11.3. The van der Waals surface area contributed by atoms with Crippen molar-refractivity contribution in [2.75, 3.05) is 0 Å². The Morgan fingerprint density at radius 2 is 2.33 bits per heavy atom. The highest BCUT2D eigenvalue weighted by atomic mass is 16.1. The van der Waals surface area contributed by atoms with E-state index in [9.17, 15) is 4.79 Å². The van der Waals surface area contributed by atoms with Crippen molar-refractivity contribution in [1.29, 1.82) is 0 Å². The first kappa shape index (κ1) is 12.0. The van der Waals surface area contributed by atoms with Gasteiger partial charge >= 0.3 is 0 Å². The molecule has 0 aliphatic carbocycles. The van der Waals surface area contributed by atoms with Gasteiger partial charge < -0.3 is 4.57 Å². The quantitative estimate of drug-likeness (QED) is 0.719. The lowest BCUT2D eigenvalue weighted by Crippen LogP contribution is -2.07. The molecular formula is C12H20N2O. The van der Waals surface area contributed by atoms with E-state index in [0.29, 0.717) is 24.5 Å². The van der Waals surface area contributed by atoms with Crippen molar-refractivity contribution in [2.45, 2.75) is 39.5 Å². The highest BCUT2D eigenvalue weighted by molar-refractivity contribution is 5.78. The Balaban J connectivity index is 2.31. The largest absolute Gasteiger partial charge is 0.338 e. The zero-order valence-electron chi connectivity index (χ0n) is 9.86. The number of rotatable bonds is 6. The van der Waals surface area contributed by atoms with E-state index in [1.165, 1.54) is 0 Å². The smallest absolute Gasteiger partial charge is 0.133 e. The molecule has 0 aromatic carbocycles. The summed E-state index contributed by atoms with van der Waals surface area (Å²) in [5.74, 6) is 1.86. The Bertz CT molecular complexity index is 317. The molecule has 0 aliphatic rings. The molecule has 0 N–H and O–H groups in total. The van der Waals surface area contributed by atoms with E-state index in [-0.39, 0.29) is 0 Å². The number of carbonyl (C=O) groups excluding carboxylic acids is 1. The summed E-state index contributed by atoms with van der Waals surface area (Å²) in [5, 5.41) is 0. The minimum absolute atomic E-state index is 0.354. The second-order valence-electron chi connectivity index (χ2n) is 4.21. The van der Waals surface area contributed by atoms with Crippen LogP contribution < -0.4 is 0 Å². The Kier molecular flexibility index (Phi) is 4.53. The van der Waals surface area contributed by atoms with Crippen LogP contribution in [0, 0.1) is 5.92 Å². The number of hydrogen-bond donors (Lipinski definition) is 0. The third kappa shape index (κ3) is 3.86. The molecule has 0 spiro atoms. The molecule has 1 aromatic heterocycles. The topological polar surface area (TPSA) is 34.9 Å². The number of aryl methyl sites for hydroxylation is 2. The molecule has 3 heteroatoms. The van der Waals surface area contributed by atoms with Crippen molar-refractivity contribution >= 4 is 5.78 Å². The average Bonchev–Trinajstić information content (AvgIpc) is 2.61. The van der Waals surface area contributed by atoms with Gasteiger partial charge in [-0.05, 0) is 5.92 Å². The average molecular weight is 208 g/mol. The number of aromatic nitrogens is 2. The van der Waals surface area contributed by atoms with Crippen LogP contribution in [-0.4, -0.2) is 15.3 Å². The summed E-state index contributed by atoms with van der Waals surface area (Å²) in [6.45, 7) is 4.25. The molecule has 0 fully saturated rings. The second kappa shape index (κ2) is 5.69. The van der Waals surface area contributed by atoms with Crippen molar-refractivity contribution in [3.05, 3.63) is 18.2 Å². The first-order valence-electron chi connectivity index (χ1n) is 5.61. The van der Waals surface area contributed by atoms with E-state index in [0.717, 1.165) is 18.7 Å². The third-order valence-corrected chi connectivity index (χ3v) is 2.82. The van der Waals surface area contributed by atoms with E-state index in [1.807, 2.05) is 17.8 Å². The minimum Gasteiger partial charge on any atom is -0.338 e. The normalized spacial score (nSPS) is 12.7. The molecule has 84 valence electrons. The van der Waals surface area contributed by atoms with E-state index >= 15 is 0 Å². The molecule has 15 heavy (non-hydrogen) atoms. The maximum Gasteiger partial charge on any atom is 0.133 e. The molecule has 3 nitrogen and oxygen atoms in total. The first-order chi connectivity index (χ1) is 7.13.